The van der Waals surface area contributed by atoms with Crippen molar-refractivity contribution in [2.45, 2.75) is 40.0 Å². The average Bonchev–Trinajstić information content (AvgIpc) is 3.09. The fourth-order valence-corrected chi connectivity index (χ4v) is 4.32. The Bertz CT molecular complexity index is 1310. The van der Waals surface area contributed by atoms with Gasteiger partial charge in [-0.2, -0.15) is 0 Å². The molecule has 0 aliphatic carbocycles. The lowest BCUT2D eigenvalue weighted by Crippen LogP contribution is -2.12. The van der Waals surface area contributed by atoms with Crippen LogP contribution in [0.1, 0.15) is 37.5 Å². The van der Waals surface area contributed by atoms with Gasteiger partial charge in [0.15, 0.2) is 11.3 Å². The minimum Gasteiger partial charge on any atom is -0.338 e. The third-order valence-corrected chi connectivity index (χ3v) is 6.19. The predicted octanol–water partition coefficient (Wildman–Crippen LogP) is 4.34. The maximum atomic E-state index is 12.1. The molecule has 7 nitrogen and oxygen atoms in total. The number of benzene rings is 2. The van der Waals surface area contributed by atoms with Crippen molar-refractivity contribution in [3.05, 3.63) is 59.4 Å². The molecule has 4 rings (SSSR count). The zero-order valence-electron chi connectivity index (χ0n) is 17.6. The molecule has 0 aliphatic rings. The summed E-state index contributed by atoms with van der Waals surface area (Å²) in [7, 11) is -4.60. The number of imidazole rings is 1. The molecule has 0 saturated carbocycles. The second-order valence-corrected chi connectivity index (χ2v) is 10.1. The Morgan fingerprint density at radius 2 is 1.73 bits per heavy atom. The van der Waals surface area contributed by atoms with Crippen molar-refractivity contribution in [3.63, 3.8) is 0 Å². The molecule has 0 bridgehead atoms. The topological polar surface area (TPSA) is 99.8 Å². The predicted molar refractivity (Wildman–Crippen MR) is 120 cm³/mol. The van der Waals surface area contributed by atoms with Gasteiger partial charge in [0, 0.05) is 5.69 Å². The van der Waals surface area contributed by atoms with E-state index in [0.29, 0.717) is 5.82 Å². The molecule has 0 amide bonds. The number of nitrogens with zero attached hydrogens (tertiary/aromatic N) is 3. The van der Waals surface area contributed by atoms with Gasteiger partial charge >= 0.3 is 7.60 Å². The first-order valence-corrected chi connectivity index (χ1v) is 11.3. The first kappa shape index (κ1) is 20.5. The van der Waals surface area contributed by atoms with Crippen molar-refractivity contribution in [3.8, 4) is 0 Å². The standard InChI is InChI=1S/C22H25N4O3P/c1-13-7-6-8-14(2)18(13)25-20-19-21(30(27,28)29)23-12-26(19)17-10-9-15(22(3,4)5)11-16(17)24-20/h6-12H,1-5H3,(H,24,25)(H2,27,28,29). The highest BCUT2D eigenvalue weighted by Crippen LogP contribution is 2.38. The minimum absolute atomic E-state index is 0.0585. The van der Waals surface area contributed by atoms with Crippen LogP contribution in [0.5, 0.6) is 0 Å². The van der Waals surface area contributed by atoms with Crippen molar-refractivity contribution >= 4 is 41.1 Å². The van der Waals surface area contributed by atoms with Gasteiger partial charge in [-0.15, -0.1) is 0 Å². The molecule has 8 heteroatoms. The van der Waals surface area contributed by atoms with Crippen LogP contribution in [0.25, 0.3) is 16.6 Å². The number of nitrogens with one attached hydrogen (secondary N) is 1. The number of fused-ring (bicyclic) bond motifs is 3. The summed E-state index contributed by atoms with van der Waals surface area (Å²) in [5, 5.41) is 3.32. The van der Waals surface area contributed by atoms with Crippen LogP contribution >= 0.6 is 7.60 Å². The van der Waals surface area contributed by atoms with Crippen molar-refractivity contribution in [2.75, 3.05) is 5.32 Å². The van der Waals surface area contributed by atoms with E-state index in [2.05, 4.69) is 31.1 Å². The lowest BCUT2D eigenvalue weighted by molar-refractivity contribution is 0.386. The van der Waals surface area contributed by atoms with E-state index in [9.17, 15) is 14.4 Å². The summed E-state index contributed by atoms with van der Waals surface area (Å²) < 4.78 is 13.8. The maximum Gasteiger partial charge on any atom is 0.376 e. The number of aryl methyl sites for hydroxylation is 2. The normalized spacial score (nSPS) is 12.6. The highest BCUT2D eigenvalue weighted by atomic mass is 31.2. The van der Waals surface area contributed by atoms with Gasteiger partial charge < -0.3 is 15.1 Å². The van der Waals surface area contributed by atoms with Crippen LogP contribution in [0.2, 0.25) is 0 Å². The third-order valence-electron chi connectivity index (χ3n) is 5.31. The van der Waals surface area contributed by atoms with E-state index in [4.69, 9.17) is 4.98 Å². The summed E-state index contributed by atoms with van der Waals surface area (Å²) >= 11 is 0. The Morgan fingerprint density at radius 1 is 1.07 bits per heavy atom. The average molecular weight is 424 g/mol. The number of hydrogen-bond acceptors (Lipinski definition) is 4. The van der Waals surface area contributed by atoms with Gasteiger partial charge in [-0.1, -0.05) is 45.0 Å². The summed E-state index contributed by atoms with van der Waals surface area (Å²) in [5.74, 6) is 0.363. The molecule has 2 heterocycles. The van der Waals surface area contributed by atoms with Crippen LogP contribution in [0.3, 0.4) is 0 Å². The van der Waals surface area contributed by atoms with E-state index in [1.807, 2.05) is 50.2 Å². The Balaban J connectivity index is 2.06. The summed E-state index contributed by atoms with van der Waals surface area (Å²) in [6, 6.07) is 11.9. The van der Waals surface area contributed by atoms with Gasteiger partial charge in [0.2, 0.25) is 0 Å². The molecule has 4 aromatic rings. The van der Waals surface area contributed by atoms with Gasteiger partial charge in [-0.3, -0.25) is 8.97 Å². The molecule has 0 radical (unpaired) electrons. The number of hydrogen-bond donors (Lipinski definition) is 3. The number of para-hydroxylation sites is 1. The van der Waals surface area contributed by atoms with Crippen LogP contribution in [0.15, 0.2) is 42.7 Å². The number of aromatic nitrogens is 3. The molecular formula is C22H25N4O3P. The first-order valence-electron chi connectivity index (χ1n) is 9.67. The molecular weight excluding hydrogens is 399 g/mol. The van der Waals surface area contributed by atoms with E-state index in [-0.39, 0.29) is 16.4 Å². The lowest BCUT2D eigenvalue weighted by atomic mass is 9.87. The molecule has 0 unspecified atom stereocenters. The number of rotatable bonds is 3. The smallest absolute Gasteiger partial charge is 0.338 e. The zero-order valence-corrected chi connectivity index (χ0v) is 18.5. The Morgan fingerprint density at radius 3 is 2.33 bits per heavy atom. The number of anilines is 2. The highest BCUT2D eigenvalue weighted by Gasteiger charge is 2.28. The molecule has 2 aromatic carbocycles. The van der Waals surface area contributed by atoms with Crippen LogP contribution in [-0.2, 0) is 9.98 Å². The van der Waals surface area contributed by atoms with E-state index in [1.165, 1.54) is 6.33 Å². The summed E-state index contributed by atoms with van der Waals surface area (Å²) in [6.07, 6.45) is 1.44. The van der Waals surface area contributed by atoms with Crippen LogP contribution < -0.4 is 10.8 Å². The van der Waals surface area contributed by atoms with Crippen molar-refractivity contribution in [2.24, 2.45) is 0 Å². The van der Waals surface area contributed by atoms with Gasteiger partial charge in [0.25, 0.3) is 0 Å². The van der Waals surface area contributed by atoms with Crippen LogP contribution in [0.4, 0.5) is 11.5 Å². The van der Waals surface area contributed by atoms with Gasteiger partial charge in [-0.25, -0.2) is 9.97 Å². The fraction of sp³-hybridized carbons (Fsp3) is 0.273. The molecule has 3 N–H and O–H groups in total. The van der Waals surface area contributed by atoms with Crippen molar-refractivity contribution in [1.29, 1.82) is 0 Å². The molecule has 30 heavy (non-hydrogen) atoms. The van der Waals surface area contributed by atoms with Gasteiger partial charge in [0.1, 0.15) is 11.8 Å². The molecule has 2 aromatic heterocycles. The van der Waals surface area contributed by atoms with Crippen molar-refractivity contribution < 1.29 is 14.4 Å². The quantitative estimate of drug-likeness (QED) is 0.423. The van der Waals surface area contributed by atoms with Gasteiger partial charge in [-0.05, 0) is 48.1 Å². The molecule has 156 valence electrons. The monoisotopic (exact) mass is 424 g/mol. The van der Waals surface area contributed by atoms with E-state index in [0.717, 1.165) is 33.4 Å². The molecule has 0 saturated heterocycles. The molecule has 0 atom stereocenters. The molecule has 0 aliphatic heterocycles. The Labute approximate surface area is 175 Å². The van der Waals surface area contributed by atoms with Crippen LogP contribution in [-0.4, -0.2) is 24.2 Å². The summed E-state index contributed by atoms with van der Waals surface area (Å²) in [6.45, 7) is 10.3. The van der Waals surface area contributed by atoms with Gasteiger partial charge in [0.05, 0.1) is 11.0 Å². The Kier molecular flexibility index (Phi) is 4.73. The zero-order chi connectivity index (χ0) is 21.8. The van der Waals surface area contributed by atoms with Crippen molar-refractivity contribution in [1.82, 2.24) is 14.4 Å². The van der Waals surface area contributed by atoms with E-state index in [1.54, 1.807) is 4.40 Å². The summed E-state index contributed by atoms with van der Waals surface area (Å²) in [4.78, 5) is 28.6. The Hall–Kier alpha value is -2.73. The first-order chi connectivity index (χ1) is 14.0. The SMILES string of the molecule is Cc1cccc(C)c1Nc1nc2cc(C(C)(C)C)ccc2n2cnc(P(=O)(O)O)c12. The van der Waals surface area contributed by atoms with E-state index >= 15 is 0 Å². The third kappa shape index (κ3) is 3.49. The van der Waals surface area contributed by atoms with Crippen LogP contribution in [0, 0.1) is 13.8 Å². The minimum atomic E-state index is -4.60. The highest BCUT2D eigenvalue weighted by molar-refractivity contribution is 7.60. The largest absolute Gasteiger partial charge is 0.376 e. The van der Waals surface area contributed by atoms with E-state index < -0.39 is 7.60 Å². The second-order valence-electron chi connectivity index (χ2n) is 8.64. The summed E-state index contributed by atoms with van der Waals surface area (Å²) in [5.41, 5.74) is 5.39. The maximum absolute atomic E-state index is 12.1. The molecule has 0 spiro atoms. The second kappa shape index (κ2) is 6.91. The lowest BCUT2D eigenvalue weighted by Gasteiger charge is -2.20. The fourth-order valence-electron chi connectivity index (χ4n) is 3.63. The molecule has 0 fully saturated rings.